The summed E-state index contributed by atoms with van der Waals surface area (Å²) in [5.41, 5.74) is 1.88. The van der Waals surface area contributed by atoms with Crippen molar-refractivity contribution < 1.29 is 24.4 Å². The molecule has 1 N–H and O–H groups in total. The Labute approximate surface area is 186 Å². The van der Waals surface area contributed by atoms with Gasteiger partial charge in [-0.1, -0.05) is 55.1 Å². The van der Waals surface area contributed by atoms with E-state index in [4.69, 9.17) is 4.74 Å². The molecule has 3 aromatic rings. The molecule has 1 aliphatic rings. The summed E-state index contributed by atoms with van der Waals surface area (Å²) in [5, 5.41) is 13.4. The number of aromatic nitrogens is 1. The van der Waals surface area contributed by atoms with Crippen LogP contribution >= 0.6 is 0 Å². The number of nitrogens with one attached hydrogen (secondary N) is 1. The Hall–Kier alpha value is -3.93. The van der Waals surface area contributed by atoms with Crippen LogP contribution in [0.25, 0.3) is 5.76 Å². The molecule has 32 heavy (non-hydrogen) atoms. The fourth-order valence-electron chi connectivity index (χ4n) is 3.82. The third kappa shape index (κ3) is 4.25. The van der Waals surface area contributed by atoms with Crippen LogP contribution in [0.15, 0.2) is 84.7 Å². The first-order chi connectivity index (χ1) is 15.6. The van der Waals surface area contributed by atoms with E-state index in [1.54, 1.807) is 36.7 Å². The van der Waals surface area contributed by atoms with E-state index in [9.17, 15) is 14.7 Å². The monoisotopic (exact) mass is 428 g/mol. The molecule has 1 amide bonds. The molecule has 1 unspecified atom stereocenters. The summed E-state index contributed by atoms with van der Waals surface area (Å²) in [6.45, 7) is 2.81. The molecule has 1 saturated heterocycles. The summed E-state index contributed by atoms with van der Waals surface area (Å²) < 4.78 is 5.58. The SMILES string of the molecule is CCCOc1ccc(C([O-])=C2C(=O)C(=O)N(Cc3ccc[nH+]c3)C2c2ccccc2)cc1. The van der Waals surface area contributed by atoms with E-state index in [1.165, 1.54) is 4.90 Å². The number of H-pyrrole nitrogens is 1. The average Bonchev–Trinajstić information content (AvgIpc) is 3.09. The Bertz CT molecular complexity index is 1130. The van der Waals surface area contributed by atoms with Crippen LogP contribution in [-0.4, -0.2) is 23.2 Å². The molecule has 0 saturated carbocycles. The number of benzene rings is 2. The van der Waals surface area contributed by atoms with Crippen LogP contribution in [0, 0.1) is 0 Å². The second kappa shape index (κ2) is 9.47. The lowest BCUT2D eigenvalue weighted by Gasteiger charge is -2.27. The van der Waals surface area contributed by atoms with Crippen LogP contribution in [0.5, 0.6) is 5.75 Å². The van der Waals surface area contributed by atoms with Gasteiger partial charge in [0.2, 0.25) is 5.78 Å². The molecule has 6 nitrogen and oxygen atoms in total. The average molecular weight is 428 g/mol. The predicted octanol–water partition coefficient (Wildman–Crippen LogP) is 2.71. The van der Waals surface area contributed by atoms with Crippen molar-refractivity contribution in [2.24, 2.45) is 0 Å². The first-order valence-electron chi connectivity index (χ1n) is 10.6. The molecule has 1 aromatic heterocycles. The molecule has 1 aliphatic heterocycles. The van der Waals surface area contributed by atoms with Crippen LogP contribution in [0.3, 0.4) is 0 Å². The predicted molar refractivity (Wildman–Crippen MR) is 117 cm³/mol. The molecule has 0 bridgehead atoms. The fraction of sp³-hybridized carbons (Fsp3) is 0.192. The first kappa shape index (κ1) is 21.3. The van der Waals surface area contributed by atoms with Crippen molar-refractivity contribution >= 4 is 17.4 Å². The lowest BCUT2D eigenvalue weighted by molar-refractivity contribution is -0.378. The zero-order valence-electron chi connectivity index (χ0n) is 17.8. The van der Waals surface area contributed by atoms with Crippen LogP contribution in [0.4, 0.5) is 0 Å². The van der Waals surface area contributed by atoms with Crippen molar-refractivity contribution in [3.8, 4) is 5.75 Å². The van der Waals surface area contributed by atoms with Gasteiger partial charge in [0.1, 0.15) is 5.75 Å². The van der Waals surface area contributed by atoms with Crippen LogP contribution in [0.1, 0.15) is 36.1 Å². The maximum atomic E-state index is 13.4. The lowest BCUT2D eigenvalue weighted by atomic mass is 9.95. The number of ketones is 1. The number of aromatic amines is 1. The summed E-state index contributed by atoms with van der Waals surface area (Å²) >= 11 is 0. The number of rotatable bonds is 7. The first-order valence-corrected chi connectivity index (χ1v) is 10.6. The van der Waals surface area contributed by atoms with Crippen molar-refractivity contribution in [3.05, 3.63) is 101 Å². The molecular formula is C26H24N2O4. The van der Waals surface area contributed by atoms with E-state index in [0.717, 1.165) is 17.5 Å². The van der Waals surface area contributed by atoms with E-state index in [-0.39, 0.29) is 12.1 Å². The van der Waals surface area contributed by atoms with E-state index in [1.807, 2.05) is 49.4 Å². The highest BCUT2D eigenvalue weighted by Crippen LogP contribution is 2.39. The molecule has 6 heteroatoms. The van der Waals surface area contributed by atoms with Crippen LogP contribution in [0.2, 0.25) is 0 Å². The molecule has 0 spiro atoms. The summed E-state index contributed by atoms with van der Waals surface area (Å²) in [6.07, 6.45) is 4.42. The smallest absolute Gasteiger partial charge is 0.295 e. The summed E-state index contributed by atoms with van der Waals surface area (Å²) in [6, 6.07) is 18.8. The number of ether oxygens (including phenoxy) is 1. The Balaban J connectivity index is 1.76. The highest BCUT2D eigenvalue weighted by molar-refractivity contribution is 6.46. The van der Waals surface area contributed by atoms with E-state index in [0.29, 0.717) is 17.9 Å². The number of Topliss-reactive ketones (excluding diaryl/α,β-unsaturated/α-hetero) is 1. The highest BCUT2D eigenvalue weighted by Gasteiger charge is 2.44. The number of pyridine rings is 1. The van der Waals surface area contributed by atoms with Crippen LogP contribution in [-0.2, 0) is 16.1 Å². The van der Waals surface area contributed by atoms with Gasteiger partial charge in [-0.25, -0.2) is 4.98 Å². The zero-order chi connectivity index (χ0) is 22.5. The fourth-order valence-corrected chi connectivity index (χ4v) is 3.82. The number of amides is 1. The molecule has 2 aromatic carbocycles. The van der Waals surface area contributed by atoms with Gasteiger partial charge in [-0.3, -0.25) is 9.59 Å². The van der Waals surface area contributed by atoms with Crippen molar-refractivity contribution in [1.82, 2.24) is 4.90 Å². The zero-order valence-corrected chi connectivity index (χ0v) is 17.8. The number of hydrogen-bond acceptors (Lipinski definition) is 4. The maximum Gasteiger partial charge on any atom is 0.295 e. The normalized spacial score (nSPS) is 17.5. The number of nitrogens with zero attached hydrogens (tertiary/aromatic N) is 1. The minimum atomic E-state index is -0.755. The largest absolute Gasteiger partial charge is 0.872 e. The number of hydrogen-bond donors (Lipinski definition) is 0. The minimum Gasteiger partial charge on any atom is -0.872 e. The van der Waals surface area contributed by atoms with Gasteiger partial charge in [0.05, 0.1) is 19.2 Å². The van der Waals surface area contributed by atoms with Gasteiger partial charge >= 0.3 is 0 Å². The third-order valence-corrected chi connectivity index (χ3v) is 5.36. The number of carbonyl (C=O) groups excluding carboxylic acids is 2. The molecule has 2 heterocycles. The molecule has 162 valence electrons. The summed E-state index contributed by atoms with van der Waals surface area (Å²) in [4.78, 5) is 30.5. The van der Waals surface area contributed by atoms with Crippen molar-refractivity contribution in [2.75, 3.05) is 6.61 Å². The molecular weight excluding hydrogens is 404 g/mol. The Morgan fingerprint density at radius 2 is 1.78 bits per heavy atom. The van der Waals surface area contributed by atoms with Crippen molar-refractivity contribution in [2.45, 2.75) is 25.9 Å². The van der Waals surface area contributed by atoms with Crippen molar-refractivity contribution in [3.63, 3.8) is 0 Å². The number of likely N-dealkylation sites (tertiary alicyclic amines) is 1. The molecule has 4 rings (SSSR count). The van der Waals surface area contributed by atoms with Gasteiger partial charge in [-0.15, -0.1) is 0 Å². The Morgan fingerprint density at radius 1 is 1.03 bits per heavy atom. The molecule has 1 fully saturated rings. The Kier molecular flexibility index (Phi) is 6.31. The molecule has 0 aliphatic carbocycles. The van der Waals surface area contributed by atoms with E-state index < -0.39 is 23.5 Å². The van der Waals surface area contributed by atoms with Gasteiger partial charge in [0, 0.05) is 17.2 Å². The van der Waals surface area contributed by atoms with Gasteiger partial charge in [0.25, 0.3) is 5.91 Å². The van der Waals surface area contributed by atoms with E-state index in [2.05, 4.69) is 4.98 Å². The van der Waals surface area contributed by atoms with E-state index >= 15 is 0 Å². The van der Waals surface area contributed by atoms with Gasteiger partial charge in [-0.2, -0.15) is 0 Å². The highest BCUT2D eigenvalue weighted by atomic mass is 16.5. The lowest BCUT2D eigenvalue weighted by Crippen LogP contribution is -2.29. The second-order valence-corrected chi connectivity index (χ2v) is 7.60. The summed E-state index contributed by atoms with van der Waals surface area (Å²) in [5.74, 6) is -1.21. The Morgan fingerprint density at radius 3 is 2.44 bits per heavy atom. The topological polar surface area (TPSA) is 83.8 Å². The molecule has 1 atom stereocenters. The van der Waals surface area contributed by atoms with Crippen molar-refractivity contribution in [1.29, 1.82) is 0 Å². The van der Waals surface area contributed by atoms with Gasteiger partial charge < -0.3 is 14.7 Å². The maximum absolute atomic E-state index is 13.4. The summed E-state index contributed by atoms with van der Waals surface area (Å²) in [7, 11) is 0. The minimum absolute atomic E-state index is 0.0247. The van der Waals surface area contributed by atoms with Crippen LogP contribution < -0.4 is 14.8 Å². The third-order valence-electron chi connectivity index (χ3n) is 5.36. The number of carbonyl (C=O) groups is 2. The second-order valence-electron chi connectivity index (χ2n) is 7.60. The quantitative estimate of drug-likeness (QED) is 0.329. The van der Waals surface area contributed by atoms with Gasteiger partial charge in [0.15, 0.2) is 12.4 Å². The van der Waals surface area contributed by atoms with Gasteiger partial charge in [-0.05, 0) is 35.7 Å². The molecule has 0 radical (unpaired) electrons. The standard InChI is InChI=1S/C26H24N2O4/c1-2-15-32-21-12-10-20(11-13-21)24(29)22-23(19-8-4-3-5-9-19)28(26(31)25(22)30)17-18-7-6-14-27-16-18/h3-14,16,23,29H,2,15,17H2,1H3.